The minimum atomic E-state index is -0.507. The minimum absolute atomic E-state index is 0.226. The first kappa shape index (κ1) is 24.0. The van der Waals surface area contributed by atoms with Crippen molar-refractivity contribution in [3.63, 3.8) is 0 Å². The van der Waals surface area contributed by atoms with Crippen LogP contribution in [0.5, 0.6) is 5.75 Å². The first-order valence-corrected chi connectivity index (χ1v) is 11.7. The molecule has 0 aliphatic carbocycles. The molecule has 1 aliphatic heterocycles. The number of hydrogen-bond acceptors (Lipinski definition) is 4. The number of amides is 1. The fourth-order valence-electron chi connectivity index (χ4n) is 4.06. The average molecular weight is 468 g/mol. The topological polar surface area (TPSA) is 55.8 Å². The maximum Gasteiger partial charge on any atom is 0.340 e. The van der Waals surface area contributed by atoms with Crippen molar-refractivity contribution in [3.8, 4) is 5.75 Å². The molecule has 0 N–H and O–H groups in total. The maximum atomic E-state index is 13.6. The Morgan fingerprint density at radius 1 is 0.914 bits per heavy atom. The molecule has 1 amide bonds. The van der Waals surface area contributed by atoms with E-state index < -0.39 is 5.97 Å². The van der Waals surface area contributed by atoms with Crippen molar-refractivity contribution in [2.75, 3.05) is 11.5 Å². The van der Waals surface area contributed by atoms with Crippen LogP contribution in [0.4, 0.5) is 5.69 Å². The number of carbonyl (C=O) groups excluding carboxylic acids is 2. The van der Waals surface area contributed by atoms with Gasteiger partial charge in [0.05, 0.1) is 17.8 Å². The minimum Gasteiger partial charge on any atom is -0.489 e. The van der Waals surface area contributed by atoms with Gasteiger partial charge in [-0.1, -0.05) is 48.5 Å². The van der Waals surface area contributed by atoms with E-state index in [2.05, 4.69) is 0 Å². The van der Waals surface area contributed by atoms with Gasteiger partial charge in [0.1, 0.15) is 12.4 Å². The molecule has 0 unspecified atom stereocenters. The zero-order valence-corrected chi connectivity index (χ0v) is 20.5. The molecule has 1 heterocycles. The monoisotopic (exact) mass is 467 g/mol. The molecule has 4 rings (SSSR count). The maximum absolute atomic E-state index is 13.6. The predicted molar refractivity (Wildman–Crippen MR) is 138 cm³/mol. The van der Waals surface area contributed by atoms with E-state index in [1.165, 1.54) is 0 Å². The summed E-state index contributed by atoms with van der Waals surface area (Å²) in [5.74, 6) is -0.0881. The molecule has 3 aromatic carbocycles. The Hall–Kier alpha value is -4.12. The zero-order chi connectivity index (χ0) is 24.9. The molecule has 0 spiro atoms. The SMILES string of the molecule is CCOC(=O)C1=C(C)N(c2ccc(C)c(C)c2)C(=O)/C1=C\c1cccc(OCc2ccccc2)c1. The number of ether oxygens (including phenoxy) is 2. The molecule has 0 radical (unpaired) electrons. The first-order valence-electron chi connectivity index (χ1n) is 11.7. The van der Waals surface area contributed by atoms with E-state index in [0.29, 0.717) is 23.6 Å². The highest BCUT2D eigenvalue weighted by atomic mass is 16.5. The van der Waals surface area contributed by atoms with Crippen molar-refractivity contribution in [1.82, 2.24) is 0 Å². The molecule has 0 saturated carbocycles. The molecule has 178 valence electrons. The Balaban J connectivity index is 1.69. The fourth-order valence-corrected chi connectivity index (χ4v) is 4.06. The number of benzene rings is 3. The van der Waals surface area contributed by atoms with E-state index in [4.69, 9.17) is 9.47 Å². The number of nitrogens with zero attached hydrogens (tertiary/aromatic N) is 1. The van der Waals surface area contributed by atoms with Crippen molar-refractivity contribution >= 4 is 23.6 Å². The van der Waals surface area contributed by atoms with Crippen LogP contribution in [0.25, 0.3) is 6.08 Å². The molecule has 35 heavy (non-hydrogen) atoms. The van der Waals surface area contributed by atoms with Crippen LogP contribution in [0.3, 0.4) is 0 Å². The Labute approximate surface area is 206 Å². The summed E-state index contributed by atoms with van der Waals surface area (Å²) in [5, 5.41) is 0. The van der Waals surface area contributed by atoms with Crippen LogP contribution >= 0.6 is 0 Å². The van der Waals surface area contributed by atoms with Gasteiger partial charge in [-0.3, -0.25) is 9.69 Å². The van der Waals surface area contributed by atoms with Gasteiger partial charge in [0.15, 0.2) is 0 Å². The normalized spacial score (nSPS) is 14.6. The highest BCUT2D eigenvalue weighted by molar-refractivity contribution is 6.23. The number of hydrogen-bond donors (Lipinski definition) is 0. The standard InChI is InChI=1S/C30H29NO4/c1-5-34-30(33)28-22(4)31(25-15-14-20(2)21(3)16-25)29(32)27(28)18-24-12-9-13-26(17-24)35-19-23-10-7-6-8-11-23/h6-18H,5,19H2,1-4H3/b27-18-. The Morgan fingerprint density at radius 3 is 2.40 bits per heavy atom. The van der Waals surface area contributed by atoms with Gasteiger partial charge < -0.3 is 9.47 Å². The van der Waals surface area contributed by atoms with Crippen LogP contribution < -0.4 is 9.64 Å². The molecular formula is C30H29NO4. The average Bonchev–Trinajstić information content (AvgIpc) is 3.10. The van der Waals surface area contributed by atoms with E-state index in [1.807, 2.05) is 86.6 Å². The molecule has 0 aromatic heterocycles. The summed E-state index contributed by atoms with van der Waals surface area (Å²) >= 11 is 0. The van der Waals surface area contributed by atoms with Crippen LogP contribution in [0.2, 0.25) is 0 Å². The summed E-state index contributed by atoms with van der Waals surface area (Å²) in [7, 11) is 0. The second-order valence-corrected chi connectivity index (χ2v) is 8.49. The van der Waals surface area contributed by atoms with Gasteiger partial charge in [-0.05, 0) is 80.3 Å². The van der Waals surface area contributed by atoms with Crippen LogP contribution in [-0.4, -0.2) is 18.5 Å². The van der Waals surface area contributed by atoms with Gasteiger partial charge >= 0.3 is 5.97 Å². The second-order valence-electron chi connectivity index (χ2n) is 8.49. The van der Waals surface area contributed by atoms with E-state index >= 15 is 0 Å². The van der Waals surface area contributed by atoms with Crippen LogP contribution in [0, 0.1) is 13.8 Å². The third-order valence-corrected chi connectivity index (χ3v) is 6.05. The quantitative estimate of drug-likeness (QED) is 0.309. The predicted octanol–water partition coefficient (Wildman–Crippen LogP) is 6.15. The summed E-state index contributed by atoms with van der Waals surface area (Å²) < 4.78 is 11.3. The summed E-state index contributed by atoms with van der Waals surface area (Å²) in [6.45, 7) is 8.22. The highest BCUT2D eigenvalue weighted by Gasteiger charge is 2.38. The van der Waals surface area contributed by atoms with Crippen molar-refractivity contribution < 1.29 is 19.1 Å². The second kappa shape index (κ2) is 10.4. The molecule has 0 fully saturated rings. The van der Waals surface area contributed by atoms with Crippen molar-refractivity contribution in [2.24, 2.45) is 0 Å². The van der Waals surface area contributed by atoms with Gasteiger partial charge in [-0.25, -0.2) is 4.79 Å². The van der Waals surface area contributed by atoms with Gasteiger partial charge in [0.25, 0.3) is 5.91 Å². The third kappa shape index (κ3) is 5.19. The smallest absolute Gasteiger partial charge is 0.340 e. The molecule has 5 heteroatoms. The van der Waals surface area contributed by atoms with Crippen LogP contribution in [0.15, 0.2) is 89.6 Å². The van der Waals surface area contributed by atoms with Gasteiger partial charge in [-0.2, -0.15) is 0 Å². The van der Waals surface area contributed by atoms with Crippen LogP contribution in [0.1, 0.15) is 36.1 Å². The molecule has 5 nitrogen and oxygen atoms in total. The fraction of sp³-hybridized carbons (Fsp3) is 0.200. The molecule has 0 saturated heterocycles. The Kier molecular flexibility index (Phi) is 7.16. The molecular weight excluding hydrogens is 438 g/mol. The lowest BCUT2D eigenvalue weighted by atomic mass is 10.0. The number of aryl methyl sites for hydroxylation is 2. The summed E-state index contributed by atoms with van der Waals surface area (Å²) in [4.78, 5) is 28.1. The number of carbonyl (C=O) groups is 2. The summed E-state index contributed by atoms with van der Waals surface area (Å²) in [5.41, 5.74) is 5.90. The van der Waals surface area contributed by atoms with Gasteiger partial charge in [0, 0.05) is 11.4 Å². The van der Waals surface area contributed by atoms with E-state index in [-0.39, 0.29) is 18.1 Å². The number of anilines is 1. The van der Waals surface area contributed by atoms with Gasteiger partial charge in [-0.15, -0.1) is 0 Å². The molecule has 1 aliphatic rings. The molecule has 3 aromatic rings. The lowest BCUT2D eigenvalue weighted by Gasteiger charge is -2.19. The number of rotatable bonds is 7. The molecule has 0 bridgehead atoms. The van der Waals surface area contributed by atoms with Crippen molar-refractivity contribution in [2.45, 2.75) is 34.3 Å². The van der Waals surface area contributed by atoms with Crippen molar-refractivity contribution in [3.05, 3.63) is 112 Å². The third-order valence-electron chi connectivity index (χ3n) is 6.05. The van der Waals surface area contributed by atoms with E-state index in [9.17, 15) is 9.59 Å². The summed E-state index contributed by atoms with van der Waals surface area (Å²) in [6, 6.07) is 23.2. The van der Waals surface area contributed by atoms with E-state index in [0.717, 1.165) is 27.9 Å². The summed E-state index contributed by atoms with van der Waals surface area (Å²) in [6.07, 6.45) is 1.73. The van der Waals surface area contributed by atoms with Crippen molar-refractivity contribution in [1.29, 1.82) is 0 Å². The van der Waals surface area contributed by atoms with Gasteiger partial charge in [0.2, 0.25) is 0 Å². The Morgan fingerprint density at radius 2 is 1.69 bits per heavy atom. The lowest BCUT2D eigenvalue weighted by Crippen LogP contribution is -2.24. The Bertz CT molecular complexity index is 1320. The van der Waals surface area contributed by atoms with Crippen LogP contribution in [-0.2, 0) is 20.9 Å². The highest BCUT2D eigenvalue weighted by Crippen LogP contribution is 2.36. The first-order chi connectivity index (χ1) is 16.9. The number of esters is 1. The largest absolute Gasteiger partial charge is 0.489 e. The van der Waals surface area contributed by atoms with E-state index in [1.54, 1.807) is 24.8 Å². The molecule has 0 atom stereocenters. The number of allylic oxidation sites excluding steroid dienone is 1. The lowest BCUT2D eigenvalue weighted by molar-refractivity contribution is -0.138. The zero-order valence-electron chi connectivity index (χ0n) is 20.5.